The molecule has 1 aromatic rings. The predicted molar refractivity (Wildman–Crippen MR) is 101 cm³/mol. The smallest absolute Gasteiger partial charge is 0.271 e. The minimum Gasteiger partial charge on any atom is -0.352 e. The summed E-state index contributed by atoms with van der Waals surface area (Å²) in [7, 11) is 0. The lowest BCUT2D eigenvalue weighted by Gasteiger charge is -2.33. The van der Waals surface area contributed by atoms with Gasteiger partial charge < -0.3 is 5.32 Å². The van der Waals surface area contributed by atoms with Crippen molar-refractivity contribution in [2.24, 2.45) is 0 Å². The third kappa shape index (κ3) is 6.20. The first kappa shape index (κ1) is 19.6. The van der Waals surface area contributed by atoms with Crippen LogP contribution in [-0.4, -0.2) is 72.8 Å². The molecule has 0 spiro atoms. The highest BCUT2D eigenvalue weighted by atomic mass is 35.5. The Morgan fingerprint density at radius 3 is 2.11 bits per heavy atom. The van der Waals surface area contributed by atoms with Crippen molar-refractivity contribution in [2.75, 3.05) is 39.3 Å². The average Bonchev–Trinajstić information content (AvgIpc) is 3.45. The number of hydrazine groups is 1. The van der Waals surface area contributed by atoms with E-state index in [1.807, 2.05) is 4.90 Å². The van der Waals surface area contributed by atoms with Crippen molar-refractivity contribution in [1.82, 2.24) is 26.0 Å². The Bertz CT molecular complexity index is 702. The predicted octanol–water partition coefficient (Wildman–Crippen LogP) is -0.00280. The SMILES string of the molecule is O=C(CN1CCN(CC(=O)NC2CC2)CC1)NNC(=O)c1ccccc1Cl. The molecule has 3 amide bonds. The van der Waals surface area contributed by atoms with Gasteiger partial charge in [-0.05, 0) is 25.0 Å². The van der Waals surface area contributed by atoms with Crippen LogP contribution in [0, 0.1) is 0 Å². The van der Waals surface area contributed by atoms with Crippen molar-refractivity contribution < 1.29 is 14.4 Å². The summed E-state index contributed by atoms with van der Waals surface area (Å²) in [4.78, 5) is 40.0. The number of benzene rings is 1. The molecule has 27 heavy (non-hydrogen) atoms. The lowest BCUT2D eigenvalue weighted by molar-refractivity contribution is -0.125. The Morgan fingerprint density at radius 2 is 1.52 bits per heavy atom. The summed E-state index contributed by atoms with van der Waals surface area (Å²) in [5.41, 5.74) is 5.09. The molecule has 146 valence electrons. The van der Waals surface area contributed by atoms with Crippen LogP contribution in [0.2, 0.25) is 5.02 Å². The number of hydrogen-bond acceptors (Lipinski definition) is 5. The molecule has 2 aliphatic rings. The van der Waals surface area contributed by atoms with E-state index in [0.29, 0.717) is 36.3 Å². The Labute approximate surface area is 163 Å². The van der Waals surface area contributed by atoms with E-state index >= 15 is 0 Å². The fraction of sp³-hybridized carbons (Fsp3) is 0.500. The second kappa shape index (κ2) is 9.16. The highest BCUT2D eigenvalue weighted by Crippen LogP contribution is 2.18. The first-order valence-electron chi connectivity index (χ1n) is 9.09. The van der Waals surface area contributed by atoms with Crippen molar-refractivity contribution in [3.05, 3.63) is 34.9 Å². The maximum atomic E-state index is 12.0. The van der Waals surface area contributed by atoms with Gasteiger partial charge >= 0.3 is 0 Å². The molecule has 0 unspecified atom stereocenters. The zero-order chi connectivity index (χ0) is 19.2. The van der Waals surface area contributed by atoms with Gasteiger partial charge in [0.1, 0.15) is 0 Å². The Morgan fingerprint density at radius 1 is 0.926 bits per heavy atom. The Kier molecular flexibility index (Phi) is 6.65. The van der Waals surface area contributed by atoms with E-state index in [-0.39, 0.29) is 18.4 Å². The van der Waals surface area contributed by atoms with E-state index < -0.39 is 5.91 Å². The molecule has 2 fully saturated rings. The molecule has 9 heteroatoms. The number of halogens is 1. The van der Waals surface area contributed by atoms with Crippen LogP contribution in [-0.2, 0) is 9.59 Å². The van der Waals surface area contributed by atoms with Gasteiger partial charge in [-0.15, -0.1) is 0 Å². The van der Waals surface area contributed by atoms with Gasteiger partial charge in [0, 0.05) is 32.2 Å². The third-order valence-corrected chi connectivity index (χ3v) is 4.91. The van der Waals surface area contributed by atoms with Gasteiger partial charge in [0.2, 0.25) is 5.91 Å². The van der Waals surface area contributed by atoms with E-state index in [0.717, 1.165) is 25.9 Å². The summed E-state index contributed by atoms with van der Waals surface area (Å²) in [6.07, 6.45) is 2.17. The van der Waals surface area contributed by atoms with Gasteiger partial charge in [-0.2, -0.15) is 0 Å². The van der Waals surface area contributed by atoms with E-state index in [2.05, 4.69) is 21.1 Å². The zero-order valence-corrected chi connectivity index (χ0v) is 15.8. The molecule has 1 saturated carbocycles. The van der Waals surface area contributed by atoms with Crippen LogP contribution in [0.1, 0.15) is 23.2 Å². The second-order valence-corrected chi connectivity index (χ2v) is 7.28. The highest BCUT2D eigenvalue weighted by Gasteiger charge is 2.25. The Balaban J connectivity index is 1.33. The number of piperazine rings is 1. The Hall–Kier alpha value is -2.16. The maximum absolute atomic E-state index is 12.0. The zero-order valence-electron chi connectivity index (χ0n) is 15.0. The largest absolute Gasteiger partial charge is 0.352 e. The van der Waals surface area contributed by atoms with Gasteiger partial charge in [-0.25, -0.2) is 0 Å². The molecule has 1 saturated heterocycles. The number of nitrogens with one attached hydrogen (secondary N) is 3. The number of rotatable bonds is 6. The van der Waals surface area contributed by atoms with Gasteiger partial charge in [0.25, 0.3) is 11.8 Å². The summed E-state index contributed by atoms with van der Waals surface area (Å²) in [6.45, 7) is 3.45. The van der Waals surface area contributed by atoms with Crippen LogP contribution in [0.5, 0.6) is 0 Å². The van der Waals surface area contributed by atoms with Crippen LogP contribution in [0.25, 0.3) is 0 Å². The number of carbonyl (C=O) groups excluding carboxylic acids is 3. The topological polar surface area (TPSA) is 93.8 Å². The quantitative estimate of drug-likeness (QED) is 0.591. The van der Waals surface area contributed by atoms with Crippen LogP contribution >= 0.6 is 11.6 Å². The van der Waals surface area contributed by atoms with Gasteiger partial charge in [-0.1, -0.05) is 23.7 Å². The van der Waals surface area contributed by atoms with E-state index in [1.165, 1.54) is 0 Å². The van der Waals surface area contributed by atoms with Crippen molar-refractivity contribution in [3.8, 4) is 0 Å². The molecule has 1 heterocycles. The van der Waals surface area contributed by atoms with Crippen molar-refractivity contribution in [2.45, 2.75) is 18.9 Å². The van der Waals surface area contributed by atoms with E-state index in [9.17, 15) is 14.4 Å². The molecule has 3 rings (SSSR count). The standard InChI is InChI=1S/C18H24ClN5O3/c19-15-4-2-1-3-14(15)18(27)22-21-17(26)12-24-9-7-23(8-10-24)11-16(25)20-13-5-6-13/h1-4,13H,5-12H2,(H,20,25)(H,21,26)(H,22,27). The van der Waals surface area contributed by atoms with Crippen molar-refractivity contribution >= 4 is 29.3 Å². The third-order valence-electron chi connectivity index (χ3n) is 4.58. The average molecular weight is 394 g/mol. The molecule has 0 aromatic heterocycles. The summed E-state index contributed by atoms with van der Waals surface area (Å²) in [5, 5.41) is 3.31. The van der Waals surface area contributed by atoms with Crippen LogP contribution < -0.4 is 16.2 Å². The summed E-state index contributed by atoms with van der Waals surface area (Å²) < 4.78 is 0. The van der Waals surface area contributed by atoms with Crippen LogP contribution in [0.3, 0.4) is 0 Å². The fourth-order valence-corrected chi connectivity index (χ4v) is 3.11. The van der Waals surface area contributed by atoms with Crippen molar-refractivity contribution in [1.29, 1.82) is 0 Å². The summed E-state index contributed by atoms with van der Waals surface area (Å²) in [6, 6.07) is 7.01. The van der Waals surface area contributed by atoms with Crippen LogP contribution in [0.15, 0.2) is 24.3 Å². The minimum atomic E-state index is -0.458. The number of nitrogens with zero attached hydrogens (tertiary/aromatic N) is 2. The highest BCUT2D eigenvalue weighted by molar-refractivity contribution is 6.33. The molecular formula is C18H24ClN5O3. The second-order valence-electron chi connectivity index (χ2n) is 6.88. The number of amides is 3. The lowest BCUT2D eigenvalue weighted by atomic mass is 10.2. The number of carbonyl (C=O) groups is 3. The maximum Gasteiger partial charge on any atom is 0.271 e. The molecule has 0 atom stereocenters. The number of hydrogen-bond donors (Lipinski definition) is 3. The monoisotopic (exact) mass is 393 g/mol. The first-order chi connectivity index (χ1) is 13.0. The molecule has 8 nitrogen and oxygen atoms in total. The lowest BCUT2D eigenvalue weighted by Crippen LogP contribution is -2.53. The van der Waals surface area contributed by atoms with Crippen molar-refractivity contribution in [3.63, 3.8) is 0 Å². The molecule has 0 bridgehead atoms. The van der Waals surface area contributed by atoms with Crippen LogP contribution in [0.4, 0.5) is 0 Å². The van der Waals surface area contributed by atoms with E-state index in [4.69, 9.17) is 11.6 Å². The first-order valence-corrected chi connectivity index (χ1v) is 9.47. The molecule has 3 N–H and O–H groups in total. The molecule has 1 aliphatic carbocycles. The van der Waals surface area contributed by atoms with E-state index in [1.54, 1.807) is 24.3 Å². The molecule has 1 aliphatic heterocycles. The minimum absolute atomic E-state index is 0.0750. The fourth-order valence-electron chi connectivity index (χ4n) is 2.89. The van der Waals surface area contributed by atoms with Gasteiger partial charge in [-0.3, -0.25) is 35.0 Å². The molecule has 0 radical (unpaired) electrons. The molecular weight excluding hydrogens is 370 g/mol. The summed E-state index contributed by atoms with van der Waals surface area (Å²) in [5.74, 6) is -0.679. The summed E-state index contributed by atoms with van der Waals surface area (Å²) >= 11 is 5.96. The molecule has 1 aromatic carbocycles. The normalized spacial score (nSPS) is 18.0. The van der Waals surface area contributed by atoms with Gasteiger partial charge in [0.05, 0.1) is 23.7 Å². The van der Waals surface area contributed by atoms with Gasteiger partial charge in [0.15, 0.2) is 0 Å².